The highest BCUT2D eigenvalue weighted by Crippen LogP contribution is 2.30. The van der Waals surface area contributed by atoms with Gasteiger partial charge in [0, 0.05) is 6.54 Å². The predicted molar refractivity (Wildman–Crippen MR) is 86.6 cm³/mol. The van der Waals surface area contributed by atoms with Crippen LogP contribution >= 0.6 is 0 Å². The number of hydrogen-bond donors (Lipinski definition) is 1. The molecule has 0 atom stereocenters. The van der Waals surface area contributed by atoms with Gasteiger partial charge in [-0.1, -0.05) is 29.8 Å². The van der Waals surface area contributed by atoms with Crippen LogP contribution in [0, 0.1) is 13.8 Å². The molecule has 1 N–H and O–H groups in total. The highest BCUT2D eigenvalue weighted by molar-refractivity contribution is 5.97. The summed E-state index contributed by atoms with van der Waals surface area (Å²) in [5.41, 5.74) is 3.94. The third-order valence-corrected chi connectivity index (χ3v) is 3.59. The molecule has 2 rings (SSSR count). The first-order valence-electron chi connectivity index (χ1n) is 7.12. The fourth-order valence-electron chi connectivity index (χ4n) is 2.38. The summed E-state index contributed by atoms with van der Waals surface area (Å²) in [5.74, 6) is 0.806. The molecule has 0 spiro atoms. The maximum Gasteiger partial charge on any atom is 0.255 e. The van der Waals surface area contributed by atoms with Crippen molar-refractivity contribution in [1.29, 1.82) is 0 Å². The Morgan fingerprint density at radius 2 is 1.86 bits per heavy atom. The van der Waals surface area contributed by atoms with E-state index in [1.807, 2.05) is 19.1 Å². The monoisotopic (exact) mass is 299 g/mol. The second-order valence-electron chi connectivity index (χ2n) is 5.15. The minimum Gasteiger partial charge on any atom is -0.493 e. The smallest absolute Gasteiger partial charge is 0.255 e. The molecule has 4 nitrogen and oxygen atoms in total. The lowest BCUT2D eigenvalue weighted by atomic mass is 10.1. The number of carbonyl (C=O) groups excluding carboxylic acids is 1. The van der Waals surface area contributed by atoms with Crippen molar-refractivity contribution in [2.75, 3.05) is 14.2 Å². The Balaban J connectivity index is 2.16. The Morgan fingerprint density at radius 1 is 1.09 bits per heavy atom. The van der Waals surface area contributed by atoms with E-state index in [1.165, 1.54) is 12.7 Å². The van der Waals surface area contributed by atoms with Gasteiger partial charge in [-0.3, -0.25) is 4.79 Å². The molecule has 2 aromatic rings. The molecule has 0 bridgehead atoms. The summed E-state index contributed by atoms with van der Waals surface area (Å²) >= 11 is 0. The number of nitrogens with one attached hydrogen (secondary N) is 1. The van der Waals surface area contributed by atoms with E-state index in [2.05, 4.69) is 18.3 Å². The van der Waals surface area contributed by atoms with Crippen LogP contribution in [0.3, 0.4) is 0 Å². The van der Waals surface area contributed by atoms with E-state index in [9.17, 15) is 4.79 Å². The number of aryl methyl sites for hydroxylation is 2. The molecule has 0 unspecified atom stereocenters. The van der Waals surface area contributed by atoms with Crippen LogP contribution < -0.4 is 14.8 Å². The van der Waals surface area contributed by atoms with Gasteiger partial charge in [-0.05, 0) is 37.1 Å². The van der Waals surface area contributed by atoms with Crippen molar-refractivity contribution in [1.82, 2.24) is 5.32 Å². The van der Waals surface area contributed by atoms with E-state index in [0.717, 1.165) is 11.1 Å². The molecule has 0 radical (unpaired) electrons. The molecule has 0 aliphatic carbocycles. The molecular weight excluding hydrogens is 278 g/mol. The zero-order valence-electron chi connectivity index (χ0n) is 13.4. The third kappa shape index (κ3) is 3.39. The molecule has 4 heteroatoms. The van der Waals surface area contributed by atoms with Gasteiger partial charge >= 0.3 is 0 Å². The molecule has 0 heterocycles. The van der Waals surface area contributed by atoms with Gasteiger partial charge in [0.15, 0.2) is 11.5 Å². The van der Waals surface area contributed by atoms with Crippen LogP contribution in [0.2, 0.25) is 0 Å². The zero-order valence-corrected chi connectivity index (χ0v) is 13.4. The summed E-state index contributed by atoms with van der Waals surface area (Å²) in [6, 6.07) is 11.4. The van der Waals surface area contributed by atoms with Crippen LogP contribution in [-0.4, -0.2) is 20.1 Å². The minimum absolute atomic E-state index is 0.185. The Labute approximate surface area is 131 Å². The molecular formula is C18H21NO3. The quantitative estimate of drug-likeness (QED) is 0.922. The Hall–Kier alpha value is -2.49. The number of ether oxygens (including phenoxy) is 2. The van der Waals surface area contributed by atoms with Crippen LogP contribution in [-0.2, 0) is 6.54 Å². The van der Waals surface area contributed by atoms with Gasteiger partial charge in [0.25, 0.3) is 5.91 Å². The fourth-order valence-corrected chi connectivity index (χ4v) is 2.38. The van der Waals surface area contributed by atoms with E-state index in [0.29, 0.717) is 23.6 Å². The Morgan fingerprint density at radius 3 is 2.50 bits per heavy atom. The number of benzene rings is 2. The Bertz CT molecular complexity index is 680. The van der Waals surface area contributed by atoms with Crippen molar-refractivity contribution in [3.63, 3.8) is 0 Å². The lowest BCUT2D eigenvalue weighted by molar-refractivity contribution is 0.0947. The van der Waals surface area contributed by atoms with Crippen LogP contribution in [0.1, 0.15) is 27.0 Å². The number of hydrogen-bond acceptors (Lipinski definition) is 3. The van der Waals surface area contributed by atoms with Crippen molar-refractivity contribution in [3.8, 4) is 11.5 Å². The first-order valence-corrected chi connectivity index (χ1v) is 7.12. The molecule has 0 saturated heterocycles. The van der Waals surface area contributed by atoms with E-state index >= 15 is 0 Å². The summed E-state index contributed by atoms with van der Waals surface area (Å²) in [6.45, 7) is 4.57. The van der Waals surface area contributed by atoms with Crippen molar-refractivity contribution < 1.29 is 14.3 Å². The van der Waals surface area contributed by atoms with Gasteiger partial charge in [-0.2, -0.15) is 0 Å². The van der Waals surface area contributed by atoms with E-state index in [4.69, 9.17) is 9.47 Å². The molecule has 2 aromatic carbocycles. The standard InChI is InChI=1S/C18H21NO3/c1-12-8-9-14(13(2)10-12)11-19-18(20)15-6-5-7-16(21-3)17(15)22-4/h5-10H,11H2,1-4H3,(H,19,20). The van der Waals surface area contributed by atoms with E-state index in [1.54, 1.807) is 25.3 Å². The Kier molecular flexibility index (Phi) is 5.04. The number of rotatable bonds is 5. The summed E-state index contributed by atoms with van der Waals surface area (Å²) in [5, 5.41) is 2.93. The van der Waals surface area contributed by atoms with Gasteiger partial charge in [-0.15, -0.1) is 0 Å². The predicted octanol–water partition coefficient (Wildman–Crippen LogP) is 3.25. The number of amides is 1. The normalized spacial score (nSPS) is 10.2. The van der Waals surface area contributed by atoms with Gasteiger partial charge in [-0.25, -0.2) is 0 Å². The molecule has 116 valence electrons. The molecule has 0 saturated carbocycles. The summed E-state index contributed by atoms with van der Waals surface area (Å²) < 4.78 is 10.5. The third-order valence-electron chi connectivity index (χ3n) is 3.59. The molecule has 1 amide bonds. The average Bonchev–Trinajstić information content (AvgIpc) is 2.52. The van der Waals surface area contributed by atoms with Crippen LogP contribution in [0.25, 0.3) is 0 Å². The first-order chi connectivity index (χ1) is 10.6. The van der Waals surface area contributed by atoms with Crippen LogP contribution in [0.5, 0.6) is 11.5 Å². The molecule has 22 heavy (non-hydrogen) atoms. The lowest BCUT2D eigenvalue weighted by Gasteiger charge is -2.13. The maximum atomic E-state index is 12.4. The fraction of sp³-hybridized carbons (Fsp3) is 0.278. The number of methoxy groups -OCH3 is 2. The van der Waals surface area contributed by atoms with Crippen molar-refractivity contribution in [2.24, 2.45) is 0 Å². The average molecular weight is 299 g/mol. The SMILES string of the molecule is COc1cccc(C(=O)NCc2ccc(C)cc2C)c1OC. The molecule has 0 aliphatic heterocycles. The van der Waals surface area contributed by atoms with Gasteiger partial charge in [0.05, 0.1) is 19.8 Å². The largest absolute Gasteiger partial charge is 0.493 e. The topological polar surface area (TPSA) is 47.6 Å². The molecule has 0 aliphatic rings. The zero-order chi connectivity index (χ0) is 16.1. The summed E-state index contributed by atoms with van der Waals surface area (Å²) in [7, 11) is 3.08. The first kappa shape index (κ1) is 15.9. The van der Waals surface area contributed by atoms with Gasteiger partial charge < -0.3 is 14.8 Å². The summed E-state index contributed by atoms with van der Waals surface area (Å²) in [6.07, 6.45) is 0. The molecule has 0 fully saturated rings. The van der Waals surface area contributed by atoms with Crippen molar-refractivity contribution >= 4 is 5.91 Å². The van der Waals surface area contributed by atoms with Crippen molar-refractivity contribution in [3.05, 3.63) is 58.7 Å². The van der Waals surface area contributed by atoms with Crippen molar-refractivity contribution in [2.45, 2.75) is 20.4 Å². The highest BCUT2D eigenvalue weighted by Gasteiger charge is 2.16. The molecule has 0 aromatic heterocycles. The second-order valence-corrected chi connectivity index (χ2v) is 5.15. The number of para-hydroxylation sites is 1. The lowest BCUT2D eigenvalue weighted by Crippen LogP contribution is -2.23. The van der Waals surface area contributed by atoms with Gasteiger partial charge in [0.2, 0.25) is 0 Å². The second kappa shape index (κ2) is 6.98. The number of carbonyl (C=O) groups is 1. The van der Waals surface area contributed by atoms with E-state index in [-0.39, 0.29) is 5.91 Å². The van der Waals surface area contributed by atoms with Crippen LogP contribution in [0.15, 0.2) is 36.4 Å². The van der Waals surface area contributed by atoms with E-state index < -0.39 is 0 Å². The highest BCUT2D eigenvalue weighted by atomic mass is 16.5. The van der Waals surface area contributed by atoms with Crippen LogP contribution in [0.4, 0.5) is 0 Å². The minimum atomic E-state index is -0.185. The van der Waals surface area contributed by atoms with Gasteiger partial charge in [0.1, 0.15) is 0 Å². The summed E-state index contributed by atoms with van der Waals surface area (Å²) in [4.78, 5) is 12.4. The maximum absolute atomic E-state index is 12.4.